The second-order valence-electron chi connectivity index (χ2n) is 4.60. The van der Waals surface area contributed by atoms with Gasteiger partial charge in [0.25, 0.3) is 0 Å². The van der Waals surface area contributed by atoms with Crippen molar-refractivity contribution in [2.45, 2.75) is 6.54 Å². The molecule has 20 heavy (non-hydrogen) atoms. The largest absolute Gasteiger partial charge is 0.398 e. The van der Waals surface area contributed by atoms with Gasteiger partial charge in [0.2, 0.25) is 0 Å². The molecule has 0 aliphatic heterocycles. The van der Waals surface area contributed by atoms with E-state index in [0.29, 0.717) is 6.54 Å². The fourth-order valence-electron chi connectivity index (χ4n) is 2.17. The van der Waals surface area contributed by atoms with Crippen LogP contribution >= 0.6 is 0 Å². The minimum Gasteiger partial charge on any atom is -0.398 e. The van der Waals surface area contributed by atoms with E-state index >= 15 is 0 Å². The van der Waals surface area contributed by atoms with Crippen molar-refractivity contribution >= 4 is 22.1 Å². The lowest BCUT2D eigenvalue weighted by molar-refractivity contribution is 0.962. The molecule has 0 aliphatic carbocycles. The lowest BCUT2D eigenvalue weighted by atomic mass is 10.1. The minimum atomic E-state index is 0.583. The molecule has 3 heteroatoms. The first kappa shape index (κ1) is 12.4. The van der Waals surface area contributed by atoms with Crippen LogP contribution in [0.25, 0.3) is 10.8 Å². The van der Waals surface area contributed by atoms with E-state index in [0.717, 1.165) is 27.7 Å². The number of rotatable bonds is 3. The average molecular weight is 261 g/mol. The molecule has 3 nitrogen and oxygen atoms in total. The Morgan fingerprint density at radius 1 is 0.750 bits per heavy atom. The van der Waals surface area contributed by atoms with Gasteiger partial charge in [-0.25, -0.2) is 0 Å². The molecule has 0 saturated carbocycles. The molecule has 2 N–H and O–H groups in total. The maximum Gasteiger partial charge on any atom is 0.0932 e. The second kappa shape index (κ2) is 5.53. The summed E-state index contributed by atoms with van der Waals surface area (Å²) < 4.78 is 0. The van der Waals surface area contributed by atoms with Gasteiger partial charge in [-0.15, -0.1) is 0 Å². The molecule has 0 atom stereocenters. The Bertz CT molecular complexity index is 749. The Morgan fingerprint density at radius 3 is 2.25 bits per heavy atom. The van der Waals surface area contributed by atoms with Gasteiger partial charge in [-0.3, -0.25) is 0 Å². The van der Waals surface area contributed by atoms with Crippen molar-refractivity contribution in [3.63, 3.8) is 0 Å². The highest BCUT2D eigenvalue weighted by atomic mass is 15.1. The van der Waals surface area contributed by atoms with Crippen LogP contribution in [0.3, 0.4) is 0 Å². The van der Waals surface area contributed by atoms with Crippen LogP contribution in [0.2, 0.25) is 0 Å². The van der Waals surface area contributed by atoms with Crippen LogP contribution in [-0.2, 0) is 6.54 Å². The van der Waals surface area contributed by atoms with E-state index in [1.165, 1.54) is 0 Å². The maximum atomic E-state index is 5.97. The first-order valence-corrected chi connectivity index (χ1v) is 6.53. The minimum absolute atomic E-state index is 0.583. The van der Waals surface area contributed by atoms with Gasteiger partial charge in [0.05, 0.1) is 12.2 Å². The Hall–Kier alpha value is -2.68. The number of azo groups is 1. The smallest absolute Gasteiger partial charge is 0.0932 e. The zero-order valence-corrected chi connectivity index (χ0v) is 11.0. The van der Waals surface area contributed by atoms with Crippen molar-refractivity contribution < 1.29 is 0 Å². The molecule has 3 rings (SSSR count). The Kier molecular flexibility index (Phi) is 3.42. The monoisotopic (exact) mass is 261 g/mol. The number of nitrogens with two attached hydrogens (primary N) is 1. The van der Waals surface area contributed by atoms with Gasteiger partial charge < -0.3 is 5.73 Å². The summed E-state index contributed by atoms with van der Waals surface area (Å²) in [5.74, 6) is 0. The molecule has 0 heterocycles. The molecule has 3 aromatic rings. The highest BCUT2D eigenvalue weighted by molar-refractivity contribution is 5.99. The topological polar surface area (TPSA) is 50.7 Å². The number of hydrogen-bond donors (Lipinski definition) is 1. The fourth-order valence-corrected chi connectivity index (χ4v) is 2.17. The number of benzene rings is 3. The lowest BCUT2D eigenvalue weighted by Gasteiger charge is -2.04. The van der Waals surface area contributed by atoms with Gasteiger partial charge in [-0.2, -0.15) is 10.2 Å². The van der Waals surface area contributed by atoms with Gasteiger partial charge in [0.1, 0.15) is 0 Å². The zero-order chi connectivity index (χ0) is 13.8. The van der Waals surface area contributed by atoms with Crippen molar-refractivity contribution in [3.05, 3.63) is 72.3 Å². The highest BCUT2D eigenvalue weighted by Crippen LogP contribution is 2.30. The summed E-state index contributed by atoms with van der Waals surface area (Å²) in [4.78, 5) is 0. The van der Waals surface area contributed by atoms with E-state index in [1.807, 2.05) is 66.7 Å². The van der Waals surface area contributed by atoms with Crippen LogP contribution in [0.5, 0.6) is 0 Å². The van der Waals surface area contributed by atoms with Gasteiger partial charge in [-0.1, -0.05) is 54.6 Å². The van der Waals surface area contributed by atoms with E-state index < -0.39 is 0 Å². The molecule has 0 saturated heterocycles. The molecule has 0 radical (unpaired) electrons. The molecule has 0 amide bonds. The normalized spacial score (nSPS) is 11.2. The van der Waals surface area contributed by atoms with E-state index in [9.17, 15) is 0 Å². The van der Waals surface area contributed by atoms with Crippen LogP contribution in [-0.4, -0.2) is 0 Å². The molecule has 98 valence electrons. The van der Waals surface area contributed by atoms with Crippen LogP contribution in [0.15, 0.2) is 77.0 Å². The molecule has 0 fully saturated rings. The summed E-state index contributed by atoms with van der Waals surface area (Å²) >= 11 is 0. The third-order valence-corrected chi connectivity index (χ3v) is 3.21. The van der Waals surface area contributed by atoms with E-state index in [2.05, 4.69) is 10.2 Å². The zero-order valence-electron chi connectivity index (χ0n) is 11.0. The van der Waals surface area contributed by atoms with Crippen LogP contribution in [0.4, 0.5) is 11.4 Å². The summed E-state index contributed by atoms with van der Waals surface area (Å²) in [5.41, 5.74) is 8.74. The summed E-state index contributed by atoms with van der Waals surface area (Å²) in [6.07, 6.45) is 0. The van der Waals surface area contributed by atoms with Gasteiger partial charge in [-0.05, 0) is 17.7 Å². The Balaban J connectivity index is 1.90. The van der Waals surface area contributed by atoms with Crippen molar-refractivity contribution in [3.8, 4) is 0 Å². The maximum absolute atomic E-state index is 5.97. The molecule has 0 aliphatic rings. The summed E-state index contributed by atoms with van der Waals surface area (Å²) in [6, 6.07) is 21.8. The first-order valence-electron chi connectivity index (χ1n) is 6.53. The molecule has 0 aromatic heterocycles. The van der Waals surface area contributed by atoms with E-state index in [1.54, 1.807) is 0 Å². The third kappa shape index (κ3) is 2.52. The van der Waals surface area contributed by atoms with Crippen LogP contribution in [0, 0.1) is 0 Å². The molecule has 0 spiro atoms. The number of nitrogens with zero attached hydrogens (tertiary/aromatic N) is 2. The lowest BCUT2D eigenvalue weighted by Crippen LogP contribution is -1.86. The predicted molar refractivity (Wildman–Crippen MR) is 83.0 cm³/mol. The predicted octanol–water partition coefficient (Wildman–Crippen LogP) is 4.71. The quantitative estimate of drug-likeness (QED) is 0.539. The fraction of sp³-hybridized carbons (Fsp3) is 0.0588. The second-order valence-corrected chi connectivity index (χ2v) is 4.60. The molecule has 0 bridgehead atoms. The van der Waals surface area contributed by atoms with E-state index in [4.69, 9.17) is 5.73 Å². The van der Waals surface area contributed by atoms with Crippen molar-refractivity contribution in [1.82, 2.24) is 0 Å². The van der Waals surface area contributed by atoms with Crippen molar-refractivity contribution in [1.29, 1.82) is 0 Å². The summed E-state index contributed by atoms with van der Waals surface area (Å²) in [5, 5.41) is 10.7. The third-order valence-electron chi connectivity index (χ3n) is 3.21. The summed E-state index contributed by atoms with van der Waals surface area (Å²) in [7, 11) is 0. The molecular weight excluding hydrogens is 246 g/mol. The number of anilines is 1. The SMILES string of the molecule is Nc1ccc(N=NCc2ccccc2)c2ccccc12. The Morgan fingerprint density at radius 2 is 1.45 bits per heavy atom. The number of nitrogen functional groups attached to an aromatic ring is 1. The molecule has 0 unspecified atom stereocenters. The Labute approximate surface area is 117 Å². The summed E-state index contributed by atoms with van der Waals surface area (Å²) in [6.45, 7) is 0.583. The molecular formula is C17H15N3. The van der Waals surface area contributed by atoms with Crippen molar-refractivity contribution in [2.24, 2.45) is 10.2 Å². The first-order chi connectivity index (χ1) is 9.84. The van der Waals surface area contributed by atoms with Crippen molar-refractivity contribution in [2.75, 3.05) is 5.73 Å². The van der Waals surface area contributed by atoms with E-state index in [-0.39, 0.29) is 0 Å². The van der Waals surface area contributed by atoms with Crippen LogP contribution < -0.4 is 5.73 Å². The highest BCUT2D eigenvalue weighted by Gasteiger charge is 2.02. The standard InChI is InChI=1S/C17H15N3/c18-16-10-11-17(15-9-5-4-8-14(15)16)20-19-12-13-6-2-1-3-7-13/h1-11H,12,18H2. The van der Waals surface area contributed by atoms with Gasteiger partial charge in [0, 0.05) is 16.5 Å². The average Bonchev–Trinajstić information content (AvgIpc) is 2.51. The van der Waals surface area contributed by atoms with Gasteiger partial charge >= 0.3 is 0 Å². The molecule has 3 aromatic carbocycles. The van der Waals surface area contributed by atoms with Crippen LogP contribution in [0.1, 0.15) is 5.56 Å². The number of fused-ring (bicyclic) bond motifs is 1. The number of hydrogen-bond acceptors (Lipinski definition) is 3. The van der Waals surface area contributed by atoms with Gasteiger partial charge in [0.15, 0.2) is 0 Å².